The highest BCUT2D eigenvalue weighted by Gasteiger charge is 2.17. The maximum atomic E-state index is 12.4. The first kappa shape index (κ1) is 17.8. The van der Waals surface area contributed by atoms with Crippen LogP contribution in [0.15, 0.2) is 30.5 Å². The zero-order valence-corrected chi connectivity index (χ0v) is 14.5. The summed E-state index contributed by atoms with van der Waals surface area (Å²) < 4.78 is 5.51. The van der Waals surface area contributed by atoms with Crippen LogP contribution in [0.5, 0.6) is 0 Å². The number of anilines is 1. The number of aromatic nitrogens is 2. The first-order valence-electron chi connectivity index (χ1n) is 8.43. The summed E-state index contributed by atoms with van der Waals surface area (Å²) in [5.74, 6) is -0.543. The number of nitrogen functional groups attached to an aromatic ring is 1. The average Bonchev–Trinajstić information content (AvgIpc) is 3.19. The van der Waals surface area contributed by atoms with Crippen LogP contribution < -0.4 is 16.4 Å². The average molecular weight is 355 g/mol. The molecule has 1 aromatic heterocycles. The second kappa shape index (κ2) is 7.92. The van der Waals surface area contributed by atoms with Crippen LogP contribution in [0.1, 0.15) is 33.7 Å². The van der Waals surface area contributed by atoms with Gasteiger partial charge in [0.2, 0.25) is 0 Å². The summed E-state index contributed by atoms with van der Waals surface area (Å²) in [6.07, 6.45) is 3.55. The highest BCUT2D eigenvalue weighted by molar-refractivity contribution is 5.97. The lowest BCUT2D eigenvalue weighted by Gasteiger charge is -2.11. The molecule has 1 fully saturated rings. The van der Waals surface area contributed by atoms with Crippen molar-refractivity contribution >= 4 is 17.6 Å². The molecule has 4 N–H and O–H groups in total. The summed E-state index contributed by atoms with van der Waals surface area (Å²) >= 11 is 0. The Bertz CT molecular complexity index is 818. The molecule has 8 nitrogen and oxygen atoms in total. The second-order valence-corrected chi connectivity index (χ2v) is 5.99. The van der Waals surface area contributed by atoms with Gasteiger partial charge in [-0.05, 0) is 25.0 Å². The lowest BCUT2D eigenvalue weighted by molar-refractivity contribution is 0.0857. The van der Waals surface area contributed by atoms with Crippen LogP contribution in [0, 0.1) is 0 Å². The van der Waals surface area contributed by atoms with Crippen molar-refractivity contribution in [3.05, 3.63) is 41.7 Å². The van der Waals surface area contributed by atoms with Crippen LogP contribution in [0.2, 0.25) is 0 Å². The van der Waals surface area contributed by atoms with Gasteiger partial charge in [-0.3, -0.25) is 9.59 Å². The number of nitrogens with one attached hydrogen (secondary N) is 2. The van der Waals surface area contributed by atoms with E-state index in [0.29, 0.717) is 23.4 Å². The van der Waals surface area contributed by atoms with Crippen molar-refractivity contribution in [3.63, 3.8) is 0 Å². The van der Waals surface area contributed by atoms with Crippen LogP contribution >= 0.6 is 0 Å². The number of carbonyl (C=O) groups is 2. The van der Waals surface area contributed by atoms with E-state index >= 15 is 0 Å². The van der Waals surface area contributed by atoms with Crippen molar-refractivity contribution in [1.82, 2.24) is 20.6 Å². The van der Waals surface area contributed by atoms with E-state index in [2.05, 4.69) is 20.6 Å². The van der Waals surface area contributed by atoms with Crippen molar-refractivity contribution in [2.75, 3.05) is 25.9 Å². The largest absolute Gasteiger partial charge is 0.382 e. The Labute approximate surface area is 151 Å². The molecule has 3 rings (SSSR count). The molecule has 1 atom stereocenters. The van der Waals surface area contributed by atoms with Crippen LogP contribution in [0.4, 0.5) is 5.82 Å². The molecule has 1 unspecified atom stereocenters. The maximum absolute atomic E-state index is 12.4. The van der Waals surface area contributed by atoms with E-state index in [0.717, 1.165) is 19.4 Å². The highest BCUT2D eigenvalue weighted by Crippen LogP contribution is 2.20. The third kappa shape index (κ3) is 3.97. The molecule has 1 saturated heterocycles. The highest BCUT2D eigenvalue weighted by atomic mass is 16.5. The van der Waals surface area contributed by atoms with Gasteiger partial charge in [-0.2, -0.15) is 0 Å². The number of benzene rings is 1. The number of ether oxygens (including phenoxy) is 1. The van der Waals surface area contributed by atoms with Crippen LogP contribution in [0.3, 0.4) is 0 Å². The van der Waals surface area contributed by atoms with E-state index in [1.54, 1.807) is 24.3 Å². The van der Waals surface area contributed by atoms with Gasteiger partial charge in [-0.1, -0.05) is 12.1 Å². The molecular formula is C18H21N5O3. The SMILES string of the molecule is CNC(=O)c1nc(-c2cccc(C(=O)NCC3CCCO3)c2)cnc1N. The van der Waals surface area contributed by atoms with E-state index in [4.69, 9.17) is 10.5 Å². The van der Waals surface area contributed by atoms with Gasteiger partial charge in [0.1, 0.15) is 0 Å². The summed E-state index contributed by atoms with van der Waals surface area (Å²) in [6, 6.07) is 6.98. The van der Waals surface area contributed by atoms with Crippen LogP contribution in [-0.2, 0) is 4.74 Å². The molecule has 0 radical (unpaired) electrons. The zero-order valence-electron chi connectivity index (χ0n) is 14.5. The lowest BCUT2D eigenvalue weighted by atomic mass is 10.1. The Hall–Kier alpha value is -3.00. The molecule has 26 heavy (non-hydrogen) atoms. The van der Waals surface area contributed by atoms with Crippen LogP contribution in [0.25, 0.3) is 11.3 Å². The van der Waals surface area contributed by atoms with E-state index in [-0.39, 0.29) is 23.5 Å². The van der Waals surface area contributed by atoms with Gasteiger partial charge in [-0.15, -0.1) is 0 Å². The Kier molecular flexibility index (Phi) is 5.43. The van der Waals surface area contributed by atoms with E-state index in [1.807, 2.05) is 0 Å². The second-order valence-electron chi connectivity index (χ2n) is 5.99. The summed E-state index contributed by atoms with van der Waals surface area (Å²) in [5, 5.41) is 5.36. The molecule has 2 aromatic rings. The first-order chi connectivity index (χ1) is 12.6. The molecule has 0 aliphatic carbocycles. The zero-order chi connectivity index (χ0) is 18.5. The van der Waals surface area contributed by atoms with E-state index in [1.165, 1.54) is 13.2 Å². The van der Waals surface area contributed by atoms with Gasteiger partial charge in [0.25, 0.3) is 11.8 Å². The fraction of sp³-hybridized carbons (Fsp3) is 0.333. The van der Waals surface area contributed by atoms with Crippen LogP contribution in [-0.4, -0.2) is 48.1 Å². The standard InChI is InChI=1S/C18H21N5O3/c1-20-18(25)15-16(19)21-10-14(23-15)11-4-2-5-12(8-11)17(24)22-9-13-6-3-7-26-13/h2,4-5,8,10,13H,3,6-7,9H2,1H3,(H2,19,21)(H,20,25)(H,22,24). The number of nitrogens with two attached hydrogens (primary N) is 1. The Morgan fingerprint density at radius 3 is 2.92 bits per heavy atom. The fourth-order valence-electron chi connectivity index (χ4n) is 2.76. The molecule has 8 heteroatoms. The molecule has 1 aromatic carbocycles. The Morgan fingerprint density at radius 2 is 2.19 bits per heavy atom. The minimum Gasteiger partial charge on any atom is -0.382 e. The van der Waals surface area contributed by atoms with Crippen molar-refractivity contribution in [3.8, 4) is 11.3 Å². The quantitative estimate of drug-likeness (QED) is 0.736. The first-order valence-corrected chi connectivity index (χ1v) is 8.43. The third-order valence-electron chi connectivity index (χ3n) is 4.18. The normalized spacial score (nSPS) is 16.3. The van der Waals surface area contributed by atoms with Crippen molar-refractivity contribution in [2.24, 2.45) is 0 Å². The van der Waals surface area contributed by atoms with Gasteiger partial charge < -0.3 is 21.1 Å². The lowest BCUT2D eigenvalue weighted by Crippen LogP contribution is -2.31. The molecule has 0 spiro atoms. The summed E-state index contributed by atoms with van der Waals surface area (Å²) in [4.78, 5) is 32.5. The smallest absolute Gasteiger partial charge is 0.273 e. The number of hydrogen-bond donors (Lipinski definition) is 3. The summed E-state index contributed by atoms with van der Waals surface area (Å²) in [6.45, 7) is 1.24. The Morgan fingerprint density at radius 1 is 1.35 bits per heavy atom. The number of carbonyl (C=O) groups excluding carboxylic acids is 2. The summed E-state index contributed by atoms with van der Waals surface area (Å²) in [7, 11) is 1.50. The fourth-order valence-corrected chi connectivity index (χ4v) is 2.76. The van der Waals surface area contributed by atoms with Gasteiger partial charge in [-0.25, -0.2) is 9.97 Å². The molecular weight excluding hydrogens is 334 g/mol. The van der Waals surface area contributed by atoms with Crippen molar-refractivity contribution in [1.29, 1.82) is 0 Å². The predicted octanol–water partition coefficient (Wildman–Crippen LogP) is 0.994. The van der Waals surface area contributed by atoms with Crippen molar-refractivity contribution in [2.45, 2.75) is 18.9 Å². The number of rotatable bonds is 5. The van der Waals surface area contributed by atoms with Gasteiger partial charge in [0.05, 0.1) is 18.0 Å². The minimum absolute atomic E-state index is 0.0539. The molecule has 136 valence electrons. The number of amides is 2. The monoisotopic (exact) mass is 355 g/mol. The Balaban J connectivity index is 1.78. The van der Waals surface area contributed by atoms with E-state index in [9.17, 15) is 9.59 Å². The maximum Gasteiger partial charge on any atom is 0.273 e. The van der Waals surface area contributed by atoms with E-state index < -0.39 is 5.91 Å². The molecule has 1 aliphatic rings. The topological polar surface area (TPSA) is 119 Å². The summed E-state index contributed by atoms with van der Waals surface area (Å²) in [5.41, 5.74) is 7.40. The molecule has 2 amide bonds. The van der Waals surface area contributed by atoms with Gasteiger partial charge >= 0.3 is 0 Å². The van der Waals surface area contributed by atoms with Crippen molar-refractivity contribution < 1.29 is 14.3 Å². The number of hydrogen-bond acceptors (Lipinski definition) is 6. The van der Waals surface area contributed by atoms with Gasteiger partial charge in [0, 0.05) is 31.3 Å². The minimum atomic E-state index is -0.415. The number of nitrogens with zero attached hydrogens (tertiary/aromatic N) is 2. The third-order valence-corrected chi connectivity index (χ3v) is 4.18. The molecule has 2 heterocycles. The molecule has 1 aliphatic heterocycles. The molecule has 0 saturated carbocycles. The predicted molar refractivity (Wildman–Crippen MR) is 96.6 cm³/mol. The van der Waals surface area contributed by atoms with Gasteiger partial charge in [0.15, 0.2) is 11.5 Å². The molecule has 0 bridgehead atoms.